The van der Waals surface area contributed by atoms with E-state index in [1.807, 2.05) is 24.3 Å². The lowest BCUT2D eigenvalue weighted by Gasteiger charge is -2.11. The second-order valence-electron chi connectivity index (χ2n) is 3.96. The minimum absolute atomic E-state index is 0.0638. The molecule has 0 atom stereocenters. The van der Waals surface area contributed by atoms with E-state index in [0.717, 1.165) is 11.3 Å². The van der Waals surface area contributed by atoms with Crippen LogP contribution >= 0.6 is 23.2 Å². The number of rotatable bonds is 5. The number of ketones is 1. The number of nitrogens with one attached hydrogen (secondary N) is 1. The second-order valence-corrected chi connectivity index (χ2v) is 4.71. The average molecular weight is 308 g/mol. The second kappa shape index (κ2) is 6.50. The molecule has 1 aromatic carbocycles. The molecule has 0 saturated carbocycles. The molecule has 4 nitrogen and oxygen atoms in total. The molecular weight excluding hydrogens is 297 g/mol. The Morgan fingerprint density at radius 1 is 1.35 bits per heavy atom. The minimum Gasteiger partial charge on any atom is -0.339 e. The normalized spacial score (nSPS) is 10.1. The Hall–Kier alpha value is -1.91. The van der Waals surface area contributed by atoms with Gasteiger partial charge in [-0.3, -0.25) is 4.79 Å². The van der Waals surface area contributed by atoms with Gasteiger partial charge in [0.15, 0.2) is 11.6 Å². The Bertz CT molecular complexity index is 659. The molecule has 1 aromatic heterocycles. The van der Waals surface area contributed by atoms with E-state index in [0.29, 0.717) is 10.8 Å². The first-order chi connectivity index (χ1) is 9.60. The molecule has 0 saturated heterocycles. The van der Waals surface area contributed by atoms with Gasteiger partial charge >= 0.3 is 0 Å². The van der Waals surface area contributed by atoms with Crippen molar-refractivity contribution in [2.75, 3.05) is 5.32 Å². The maximum atomic E-state index is 11.5. The fourth-order valence-corrected chi connectivity index (χ4v) is 1.89. The monoisotopic (exact) mass is 307 g/mol. The van der Waals surface area contributed by atoms with Gasteiger partial charge in [-0.05, 0) is 29.3 Å². The van der Waals surface area contributed by atoms with Crippen molar-refractivity contribution in [2.45, 2.75) is 6.42 Å². The molecule has 0 aliphatic heterocycles. The molecular formula is C14H11Cl2N3O. The number of allylic oxidation sites excluding steroid dienone is 1. The van der Waals surface area contributed by atoms with Crippen LogP contribution < -0.4 is 5.32 Å². The van der Waals surface area contributed by atoms with E-state index < -0.39 is 0 Å². The zero-order valence-electron chi connectivity index (χ0n) is 10.4. The zero-order valence-corrected chi connectivity index (χ0v) is 11.9. The summed E-state index contributed by atoms with van der Waals surface area (Å²) < 4.78 is 0. The van der Waals surface area contributed by atoms with Crippen LogP contribution in [0.2, 0.25) is 10.3 Å². The highest BCUT2D eigenvalue weighted by molar-refractivity contribution is 6.33. The van der Waals surface area contributed by atoms with Gasteiger partial charge in [0.25, 0.3) is 0 Å². The highest BCUT2D eigenvalue weighted by atomic mass is 35.5. The van der Waals surface area contributed by atoms with E-state index in [2.05, 4.69) is 21.9 Å². The minimum atomic E-state index is -0.0638. The summed E-state index contributed by atoms with van der Waals surface area (Å²) in [6.45, 7) is 3.47. The van der Waals surface area contributed by atoms with Crippen LogP contribution in [-0.2, 0) is 11.2 Å². The number of nitrogens with zero attached hydrogens (tertiary/aromatic N) is 2. The predicted octanol–water partition coefficient (Wildman–Crippen LogP) is 3.82. The topological polar surface area (TPSA) is 54.9 Å². The Morgan fingerprint density at radius 3 is 2.85 bits per heavy atom. The molecule has 0 spiro atoms. The Balaban J connectivity index is 2.31. The molecule has 0 bridgehead atoms. The third-order valence-corrected chi connectivity index (χ3v) is 3.04. The average Bonchev–Trinajstić information content (AvgIpc) is 2.44. The summed E-state index contributed by atoms with van der Waals surface area (Å²) in [5.41, 5.74) is 1.56. The molecule has 0 aliphatic rings. The van der Waals surface area contributed by atoms with Gasteiger partial charge < -0.3 is 5.32 Å². The Kier molecular flexibility index (Phi) is 4.71. The molecule has 1 N–H and O–H groups in total. The van der Waals surface area contributed by atoms with E-state index in [-0.39, 0.29) is 17.5 Å². The van der Waals surface area contributed by atoms with Gasteiger partial charge in [-0.15, -0.1) is 0 Å². The zero-order chi connectivity index (χ0) is 14.5. The number of benzene rings is 1. The SMILES string of the molecule is C=CC(=O)Cc1ccccc1Nc1nc(Cl)ncc1Cl. The quantitative estimate of drug-likeness (QED) is 0.674. The third kappa shape index (κ3) is 3.56. The van der Waals surface area contributed by atoms with Crippen molar-refractivity contribution in [3.05, 3.63) is 59.0 Å². The van der Waals surface area contributed by atoms with Crippen molar-refractivity contribution >= 4 is 40.5 Å². The van der Waals surface area contributed by atoms with Gasteiger partial charge in [0.1, 0.15) is 5.02 Å². The first-order valence-electron chi connectivity index (χ1n) is 5.78. The lowest BCUT2D eigenvalue weighted by atomic mass is 10.1. The summed E-state index contributed by atoms with van der Waals surface area (Å²) in [7, 11) is 0. The van der Waals surface area contributed by atoms with Crippen LogP contribution in [0, 0.1) is 0 Å². The summed E-state index contributed by atoms with van der Waals surface area (Å²) in [6, 6.07) is 7.38. The van der Waals surface area contributed by atoms with E-state index in [1.165, 1.54) is 12.3 Å². The maximum Gasteiger partial charge on any atom is 0.224 e. The number of hydrogen-bond donors (Lipinski definition) is 1. The largest absolute Gasteiger partial charge is 0.339 e. The summed E-state index contributed by atoms with van der Waals surface area (Å²) in [4.78, 5) is 19.3. The molecule has 20 heavy (non-hydrogen) atoms. The number of carbonyl (C=O) groups is 1. The lowest BCUT2D eigenvalue weighted by molar-refractivity contribution is -0.114. The number of para-hydroxylation sites is 1. The number of carbonyl (C=O) groups excluding carboxylic acids is 1. The van der Waals surface area contributed by atoms with Gasteiger partial charge in [-0.2, -0.15) is 4.98 Å². The molecule has 0 amide bonds. The van der Waals surface area contributed by atoms with E-state index in [1.54, 1.807) is 0 Å². The van der Waals surface area contributed by atoms with Crippen molar-refractivity contribution in [3.63, 3.8) is 0 Å². The molecule has 0 aliphatic carbocycles. The van der Waals surface area contributed by atoms with Gasteiger partial charge in [-0.1, -0.05) is 36.4 Å². The molecule has 102 valence electrons. The number of halogens is 2. The molecule has 0 unspecified atom stereocenters. The molecule has 0 radical (unpaired) electrons. The van der Waals surface area contributed by atoms with Crippen molar-refractivity contribution in [1.82, 2.24) is 9.97 Å². The van der Waals surface area contributed by atoms with Crippen molar-refractivity contribution < 1.29 is 4.79 Å². The van der Waals surface area contributed by atoms with Gasteiger partial charge in [0, 0.05) is 12.1 Å². The standard InChI is InChI=1S/C14H11Cl2N3O/c1-2-10(20)7-9-5-3-4-6-12(9)18-13-11(15)8-17-14(16)19-13/h2-6,8H,1,7H2,(H,17,18,19). The van der Waals surface area contributed by atoms with Gasteiger partial charge in [-0.25, -0.2) is 4.98 Å². The van der Waals surface area contributed by atoms with E-state index in [9.17, 15) is 4.79 Å². The van der Waals surface area contributed by atoms with Crippen LogP contribution in [-0.4, -0.2) is 15.8 Å². The van der Waals surface area contributed by atoms with Crippen molar-refractivity contribution in [3.8, 4) is 0 Å². The van der Waals surface area contributed by atoms with Crippen LogP contribution in [0.1, 0.15) is 5.56 Å². The molecule has 0 fully saturated rings. The number of anilines is 2. The lowest BCUT2D eigenvalue weighted by Crippen LogP contribution is -2.03. The predicted molar refractivity (Wildman–Crippen MR) is 80.7 cm³/mol. The summed E-state index contributed by atoms with van der Waals surface area (Å²) in [5.74, 6) is 0.330. The summed E-state index contributed by atoms with van der Waals surface area (Å²) in [6.07, 6.45) is 2.96. The summed E-state index contributed by atoms with van der Waals surface area (Å²) >= 11 is 11.7. The first kappa shape index (κ1) is 14.5. The molecule has 1 heterocycles. The van der Waals surface area contributed by atoms with E-state index in [4.69, 9.17) is 23.2 Å². The number of aromatic nitrogens is 2. The van der Waals surface area contributed by atoms with Crippen LogP contribution in [0.25, 0.3) is 0 Å². The van der Waals surface area contributed by atoms with Crippen LogP contribution in [0.4, 0.5) is 11.5 Å². The Morgan fingerprint density at radius 2 is 2.10 bits per heavy atom. The van der Waals surface area contributed by atoms with Crippen LogP contribution in [0.5, 0.6) is 0 Å². The smallest absolute Gasteiger partial charge is 0.224 e. The van der Waals surface area contributed by atoms with Crippen LogP contribution in [0.15, 0.2) is 43.1 Å². The van der Waals surface area contributed by atoms with Gasteiger partial charge in [0.05, 0.1) is 6.20 Å². The molecule has 6 heteroatoms. The van der Waals surface area contributed by atoms with Crippen molar-refractivity contribution in [2.24, 2.45) is 0 Å². The highest BCUT2D eigenvalue weighted by Crippen LogP contribution is 2.26. The van der Waals surface area contributed by atoms with E-state index >= 15 is 0 Å². The Labute approximate surface area is 126 Å². The highest BCUT2D eigenvalue weighted by Gasteiger charge is 2.09. The number of hydrogen-bond acceptors (Lipinski definition) is 4. The fourth-order valence-electron chi connectivity index (χ4n) is 1.62. The first-order valence-corrected chi connectivity index (χ1v) is 6.54. The summed E-state index contributed by atoms with van der Waals surface area (Å²) in [5, 5.41) is 3.50. The molecule has 2 aromatic rings. The maximum absolute atomic E-state index is 11.5. The molecule has 2 rings (SSSR count). The fraction of sp³-hybridized carbons (Fsp3) is 0.0714. The van der Waals surface area contributed by atoms with Crippen LogP contribution in [0.3, 0.4) is 0 Å². The van der Waals surface area contributed by atoms with Gasteiger partial charge in [0.2, 0.25) is 5.28 Å². The third-order valence-electron chi connectivity index (χ3n) is 2.58. The van der Waals surface area contributed by atoms with Crippen molar-refractivity contribution in [1.29, 1.82) is 0 Å².